The smallest absolute Gasteiger partial charge is 0.349 e. The third kappa shape index (κ3) is 4.37. The number of aryl methyl sites for hydroxylation is 1. The summed E-state index contributed by atoms with van der Waals surface area (Å²) in [6, 6.07) is 9.20. The number of hydrogen-bond acceptors (Lipinski definition) is 5. The van der Waals surface area contributed by atoms with Crippen LogP contribution in [0.3, 0.4) is 0 Å². The molecule has 0 spiro atoms. The van der Waals surface area contributed by atoms with Crippen LogP contribution in [0.5, 0.6) is 5.75 Å². The van der Waals surface area contributed by atoms with E-state index in [4.69, 9.17) is 9.15 Å². The van der Waals surface area contributed by atoms with Gasteiger partial charge in [0.05, 0.1) is 5.69 Å². The minimum atomic E-state index is -0.571. The first-order valence-electron chi connectivity index (χ1n) is 10.4. The maximum Gasteiger partial charge on any atom is 0.349 e. The van der Waals surface area contributed by atoms with Crippen LogP contribution in [0.2, 0.25) is 0 Å². The monoisotopic (exact) mass is 396 g/mol. The normalized spacial score (nSPS) is 18.3. The average Bonchev–Trinajstić information content (AvgIpc) is 2.63. The zero-order valence-electron chi connectivity index (χ0n) is 17.1. The molecule has 1 aromatic heterocycles. The number of likely N-dealkylation sites (tertiary alicyclic amines) is 1. The number of nitrogens with one attached hydrogen (secondary N) is 1. The number of nitrogens with zero attached hydrogens (tertiary/aromatic N) is 1. The summed E-state index contributed by atoms with van der Waals surface area (Å²) in [5.74, 6) is 1.17. The Hall–Kier alpha value is -2.60. The molecule has 2 fully saturated rings. The van der Waals surface area contributed by atoms with Gasteiger partial charge < -0.3 is 19.4 Å². The highest BCUT2D eigenvalue weighted by Gasteiger charge is 2.26. The van der Waals surface area contributed by atoms with E-state index in [0.29, 0.717) is 28.7 Å². The minimum Gasteiger partial charge on any atom is -0.488 e. The van der Waals surface area contributed by atoms with Crippen LogP contribution < -0.4 is 15.7 Å². The van der Waals surface area contributed by atoms with Gasteiger partial charge in [-0.15, -0.1) is 0 Å². The van der Waals surface area contributed by atoms with Crippen molar-refractivity contribution in [3.63, 3.8) is 0 Å². The second-order valence-electron chi connectivity index (χ2n) is 8.19. The third-order valence-corrected chi connectivity index (χ3v) is 6.00. The molecular weight excluding hydrogens is 368 g/mol. The highest BCUT2D eigenvalue weighted by molar-refractivity contribution is 6.05. The fraction of sp³-hybridized carbons (Fsp3) is 0.478. The van der Waals surface area contributed by atoms with Crippen LogP contribution in [0.4, 0.5) is 5.69 Å². The molecule has 2 heterocycles. The number of piperidine rings is 1. The lowest BCUT2D eigenvalue weighted by Crippen LogP contribution is -2.35. The molecule has 4 rings (SSSR count). The predicted molar refractivity (Wildman–Crippen MR) is 112 cm³/mol. The summed E-state index contributed by atoms with van der Waals surface area (Å²) in [6.07, 6.45) is 5.25. The first kappa shape index (κ1) is 19.7. The number of rotatable bonds is 5. The Morgan fingerprint density at radius 2 is 1.90 bits per heavy atom. The standard InChI is InChI=1S/C23H28N2O4/c1-15-14-20(16-6-5-7-16)29-23(27)21(15)22(26)24-18-8-3-4-9-19(18)28-17-10-12-25(2)13-11-17/h3-4,8-9,14,16-17H,5-7,10-13H2,1-2H3,(H,24,26). The number of hydrogen-bond donors (Lipinski definition) is 1. The quantitative estimate of drug-likeness (QED) is 0.829. The van der Waals surface area contributed by atoms with Crippen molar-refractivity contribution < 1.29 is 13.9 Å². The Labute approximate surface area is 170 Å². The van der Waals surface area contributed by atoms with Gasteiger partial charge in [-0.2, -0.15) is 0 Å². The van der Waals surface area contributed by atoms with Crippen molar-refractivity contribution in [2.75, 3.05) is 25.5 Å². The minimum absolute atomic E-state index is 0.0576. The highest BCUT2D eigenvalue weighted by atomic mass is 16.5. The number of carbonyl (C=O) groups excluding carboxylic acids is 1. The van der Waals surface area contributed by atoms with E-state index in [9.17, 15) is 9.59 Å². The molecule has 0 atom stereocenters. The van der Waals surface area contributed by atoms with Crippen molar-refractivity contribution in [1.29, 1.82) is 0 Å². The van der Waals surface area contributed by atoms with E-state index >= 15 is 0 Å². The molecule has 6 nitrogen and oxygen atoms in total. The largest absolute Gasteiger partial charge is 0.488 e. The molecule has 0 radical (unpaired) electrons. The average molecular weight is 396 g/mol. The number of benzene rings is 1. The SMILES string of the molecule is Cc1cc(C2CCC2)oc(=O)c1C(=O)Nc1ccccc1OC1CCN(C)CC1. The fourth-order valence-corrected chi connectivity index (χ4v) is 3.94. The molecule has 1 N–H and O–H groups in total. The number of amides is 1. The van der Waals surface area contributed by atoms with E-state index in [-0.39, 0.29) is 11.7 Å². The Morgan fingerprint density at radius 3 is 2.55 bits per heavy atom. The number of ether oxygens (including phenoxy) is 1. The molecule has 1 amide bonds. The Kier molecular flexibility index (Phi) is 5.72. The van der Waals surface area contributed by atoms with Crippen molar-refractivity contribution in [1.82, 2.24) is 4.90 Å². The zero-order chi connectivity index (χ0) is 20.4. The van der Waals surface area contributed by atoms with Crippen molar-refractivity contribution in [3.05, 3.63) is 57.6 Å². The first-order chi connectivity index (χ1) is 14.0. The summed E-state index contributed by atoms with van der Waals surface area (Å²) in [5.41, 5.74) is 0.702. The Balaban J connectivity index is 1.51. The van der Waals surface area contributed by atoms with E-state index < -0.39 is 11.5 Å². The van der Waals surface area contributed by atoms with Crippen molar-refractivity contribution in [3.8, 4) is 5.75 Å². The van der Waals surface area contributed by atoms with Crippen molar-refractivity contribution in [2.24, 2.45) is 0 Å². The molecule has 1 saturated heterocycles. The molecule has 1 aliphatic carbocycles. The second-order valence-corrected chi connectivity index (χ2v) is 8.19. The predicted octanol–water partition coefficient (Wildman–Crippen LogP) is 3.94. The van der Waals surface area contributed by atoms with Gasteiger partial charge in [0.25, 0.3) is 5.91 Å². The van der Waals surface area contributed by atoms with Crippen LogP contribution in [0.1, 0.15) is 59.7 Å². The van der Waals surface area contributed by atoms with E-state index in [1.165, 1.54) is 0 Å². The maximum atomic E-state index is 12.9. The summed E-state index contributed by atoms with van der Waals surface area (Å²) in [5, 5.41) is 2.85. The molecule has 0 bridgehead atoms. The summed E-state index contributed by atoms with van der Waals surface area (Å²) < 4.78 is 11.6. The van der Waals surface area contributed by atoms with Gasteiger partial charge in [-0.3, -0.25) is 4.79 Å². The van der Waals surface area contributed by atoms with Gasteiger partial charge in [0.15, 0.2) is 0 Å². The zero-order valence-corrected chi connectivity index (χ0v) is 17.1. The highest BCUT2D eigenvalue weighted by Crippen LogP contribution is 2.36. The van der Waals surface area contributed by atoms with E-state index in [1.807, 2.05) is 24.3 Å². The molecule has 2 aliphatic rings. The van der Waals surface area contributed by atoms with Gasteiger partial charge >= 0.3 is 5.63 Å². The van der Waals surface area contributed by atoms with Crippen molar-refractivity contribution in [2.45, 2.75) is 51.0 Å². The number of anilines is 1. The van der Waals surface area contributed by atoms with E-state index in [2.05, 4.69) is 17.3 Å². The second kappa shape index (κ2) is 8.41. The lowest BCUT2D eigenvalue weighted by atomic mass is 9.83. The first-order valence-corrected chi connectivity index (χ1v) is 10.4. The molecule has 1 aliphatic heterocycles. The van der Waals surface area contributed by atoms with Crippen LogP contribution >= 0.6 is 0 Å². The summed E-state index contributed by atoms with van der Waals surface area (Å²) in [6.45, 7) is 3.77. The Morgan fingerprint density at radius 1 is 1.17 bits per heavy atom. The summed E-state index contributed by atoms with van der Waals surface area (Å²) >= 11 is 0. The summed E-state index contributed by atoms with van der Waals surface area (Å²) in [4.78, 5) is 27.7. The third-order valence-electron chi connectivity index (χ3n) is 6.00. The van der Waals surface area contributed by atoms with Crippen LogP contribution in [-0.4, -0.2) is 37.0 Å². The number of carbonyl (C=O) groups is 1. The van der Waals surface area contributed by atoms with Crippen LogP contribution in [0.15, 0.2) is 39.5 Å². The van der Waals surface area contributed by atoms with Crippen LogP contribution in [-0.2, 0) is 0 Å². The van der Waals surface area contributed by atoms with Crippen LogP contribution in [0.25, 0.3) is 0 Å². The molecule has 0 unspecified atom stereocenters. The number of para-hydroxylation sites is 2. The molecule has 6 heteroatoms. The van der Waals surface area contributed by atoms with Gasteiger partial charge in [-0.1, -0.05) is 18.6 Å². The Bertz CT molecular complexity index is 940. The van der Waals surface area contributed by atoms with Crippen LogP contribution in [0, 0.1) is 6.92 Å². The lowest BCUT2D eigenvalue weighted by Gasteiger charge is -2.29. The van der Waals surface area contributed by atoms with E-state index in [1.54, 1.807) is 13.0 Å². The van der Waals surface area contributed by atoms with Gasteiger partial charge in [0.2, 0.25) is 0 Å². The molecule has 1 saturated carbocycles. The van der Waals surface area contributed by atoms with Gasteiger partial charge in [-0.05, 0) is 63.4 Å². The fourth-order valence-electron chi connectivity index (χ4n) is 3.94. The van der Waals surface area contributed by atoms with Gasteiger partial charge in [0, 0.05) is 19.0 Å². The molecular formula is C23H28N2O4. The maximum absolute atomic E-state index is 12.9. The lowest BCUT2D eigenvalue weighted by molar-refractivity contribution is 0.101. The van der Waals surface area contributed by atoms with Gasteiger partial charge in [0.1, 0.15) is 23.2 Å². The van der Waals surface area contributed by atoms with E-state index in [0.717, 1.165) is 45.2 Å². The topological polar surface area (TPSA) is 71.8 Å². The van der Waals surface area contributed by atoms with Crippen molar-refractivity contribution >= 4 is 11.6 Å². The molecule has 29 heavy (non-hydrogen) atoms. The molecule has 154 valence electrons. The molecule has 2 aromatic rings. The summed E-state index contributed by atoms with van der Waals surface area (Å²) in [7, 11) is 2.11. The molecule has 1 aromatic carbocycles. The van der Waals surface area contributed by atoms with Gasteiger partial charge in [-0.25, -0.2) is 4.79 Å².